The SMILES string of the molecule is CC1(COC(=O)CCCCC(=O)OC[C@H](OCc2ccccc2)C(OCc2ccccc2)C2O[C@H](c3ccccc3)OC[C@@H]2OCc2ccccc2)O[C@H](O[C@]2(CCl)O[C@H](CCl)C(O)C2O)C(O)[C@@H](O)[C@H]1Cl. The van der Waals surface area contributed by atoms with E-state index in [-0.39, 0.29) is 64.6 Å². The first-order valence-corrected chi connectivity index (χ1v) is 25.4. The maximum Gasteiger partial charge on any atom is 0.305 e. The Balaban J connectivity index is 0.986. The fraction of sp³-hybridized carbons (Fsp3) is 0.509. The first kappa shape index (κ1) is 55.9. The Labute approximate surface area is 434 Å². The van der Waals surface area contributed by atoms with Crippen LogP contribution in [0.3, 0.4) is 0 Å². The lowest BCUT2D eigenvalue weighted by Crippen LogP contribution is -2.65. The molecule has 72 heavy (non-hydrogen) atoms. The van der Waals surface area contributed by atoms with Gasteiger partial charge in [0.25, 0.3) is 0 Å². The molecule has 3 heterocycles. The summed E-state index contributed by atoms with van der Waals surface area (Å²) in [5.41, 5.74) is 1.94. The van der Waals surface area contributed by atoms with Crippen molar-refractivity contribution in [3.8, 4) is 0 Å². The van der Waals surface area contributed by atoms with E-state index in [0.29, 0.717) is 0 Å². The molecule has 0 amide bonds. The Bertz CT molecular complexity index is 2240. The summed E-state index contributed by atoms with van der Waals surface area (Å²) >= 11 is 18.5. The van der Waals surface area contributed by atoms with Crippen LogP contribution >= 0.6 is 34.8 Å². The third kappa shape index (κ3) is 14.7. The average molecular weight is 1060 g/mol. The van der Waals surface area contributed by atoms with Gasteiger partial charge in [-0.25, -0.2) is 0 Å². The van der Waals surface area contributed by atoms with E-state index in [2.05, 4.69) is 0 Å². The highest BCUT2D eigenvalue weighted by atomic mass is 35.5. The van der Waals surface area contributed by atoms with Crippen molar-refractivity contribution >= 4 is 46.7 Å². The van der Waals surface area contributed by atoms with Crippen LogP contribution in [0.4, 0.5) is 0 Å². The van der Waals surface area contributed by atoms with Crippen LogP contribution in [-0.4, -0.2) is 142 Å². The molecule has 0 radical (unpaired) electrons. The number of esters is 2. The van der Waals surface area contributed by atoms with Crippen LogP contribution in [0.25, 0.3) is 0 Å². The molecule has 0 saturated carbocycles. The zero-order valence-electron chi connectivity index (χ0n) is 39.8. The smallest absolute Gasteiger partial charge is 0.305 e. The summed E-state index contributed by atoms with van der Waals surface area (Å²) in [6, 6.07) is 38.6. The molecule has 4 aromatic carbocycles. The summed E-state index contributed by atoms with van der Waals surface area (Å²) in [5, 5.41) is 41.6. The molecular weight excluding hydrogens is 999 g/mol. The van der Waals surface area contributed by atoms with E-state index < -0.39 is 109 Å². The van der Waals surface area contributed by atoms with Gasteiger partial charge in [-0.15, -0.1) is 34.8 Å². The van der Waals surface area contributed by atoms with E-state index in [4.69, 9.17) is 82.2 Å². The van der Waals surface area contributed by atoms with Gasteiger partial charge in [0, 0.05) is 18.4 Å². The van der Waals surface area contributed by atoms with Crippen molar-refractivity contribution in [2.24, 2.45) is 0 Å². The van der Waals surface area contributed by atoms with Gasteiger partial charge in [0.1, 0.15) is 73.8 Å². The van der Waals surface area contributed by atoms with Gasteiger partial charge in [-0.3, -0.25) is 9.59 Å². The number of rotatable bonds is 25. The Kier molecular flexibility index (Phi) is 21.1. The monoisotopic (exact) mass is 1060 g/mol. The van der Waals surface area contributed by atoms with E-state index >= 15 is 0 Å². The fourth-order valence-corrected chi connectivity index (χ4v) is 9.33. The Morgan fingerprint density at radius 2 is 1.26 bits per heavy atom. The molecule has 392 valence electrons. The number of halogens is 3. The molecule has 3 aliphatic rings. The normalized spacial score (nSPS) is 30.3. The second-order valence-electron chi connectivity index (χ2n) is 18.1. The lowest BCUT2D eigenvalue weighted by molar-refractivity contribution is -0.372. The van der Waals surface area contributed by atoms with Gasteiger partial charge in [-0.2, -0.15) is 0 Å². The van der Waals surface area contributed by atoms with Gasteiger partial charge < -0.3 is 67.8 Å². The quantitative estimate of drug-likeness (QED) is 0.0328. The molecule has 3 fully saturated rings. The molecule has 0 bridgehead atoms. The van der Waals surface area contributed by atoms with Gasteiger partial charge in [-0.1, -0.05) is 121 Å². The molecule has 3 saturated heterocycles. The highest BCUT2D eigenvalue weighted by Gasteiger charge is 2.60. The van der Waals surface area contributed by atoms with Crippen LogP contribution in [0.1, 0.15) is 61.2 Å². The van der Waals surface area contributed by atoms with Gasteiger partial charge in [0.2, 0.25) is 5.79 Å². The predicted molar refractivity (Wildman–Crippen MR) is 263 cm³/mol. The molecule has 4 aromatic rings. The number of carbonyl (C=O) groups is 2. The van der Waals surface area contributed by atoms with Crippen LogP contribution in [0.5, 0.6) is 0 Å². The molecular formula is C53H63Cl3O16. The fourth-order valence-electron chi connectivity index (χ4n) is 8.54. The van der Waals surface area contributed by atoms with E-state index in [1.165, 1.54) is 6.92 Å². The lowest BCUT2D eigenvalue weighted by atomic mass is 9.91. The number of carbonyl (C=O) groups excluding carboxylic acids is 2. The zero-order chi connectivity index (χ0) is 51.1. The highest BCUT2D eigenvalue weighted by Crippen LogP contribution is 2.41. The summed E-state index contributed by atoms with van der Waals surface area (Å²) in [7, 11) is 0. The number of unbranched alkanes of at least 4 members (excludes halogenated alkanes) is 1. The van der Waals surface area contributed by atoms with Gasteiger partial charge in [0.05, 0.1) is 43.6 Å². The molecule has 16 nitrogen and oxygen atoms in total. The summed E-state index contributed by atoms with van der Waals surface area (Å²) in [5.74, 6) is -3.97. The Morgan fingerprint density at radius 1 is 0.708 bits per heavy atom. The molecule has 7 rings (SSSR count). The van der Waals surface area contributed by atoms with Crippen molar-refractivity contribution in [3.05, 3.63) is 144 Å². The third-order valence-electron chi connectivity index (χ3n) is 12.7. The van der Waals surface area contributed by atoms with Crippen molar-refractivity contribution in [2.75, 3.05) is 31.6 Å². The Morgan fingerprint density at radius 3 is 1.83 bits per heavy atom. The third-order valence-corrected chi connectivity index (χ3v) is 14.1. The highest BCUT2D eigenvalue weighted by molar-refractivity contribution is 6.22. The minimum atomic E-state index is -2.07. The summed E-state index contributed by atoms with van der Waals surface area (Å²) < 4.78 is 61.9. The van der Waals surface area contributed by atoms with Crippen LogP contribution in [-0.2, 0) is 76.8 Å². The van der Waals surface area contributed by atoms with E-state index in [1.54, 1.807) is 0 Å². The number of aliphatic hydroxyl groups is 4. The van der Waals surface area contributed by atoms with Crippen LogP contribution in [0.15, 0.2) is 121 Å². The van der Waals surface area contributed by atoms with Crippen molar-refractivity contribution < 1.29 is 77.4 Å². The average Bonchev–Trinajstić information content (AvgIpc) is 3.66. The largest absolute Gasteiger partial charge is 0.463 e. The van der Waals surface area contributed by atoms with Crippen LogP contribution in [0, 0.1) is 0 Å². The molecule has 0 spiro atoms. The Hall–Kier alpha value is -3.79. The summed E-state index contributed by atoms with van der Waals surface area (Å²) in [4.78, 5) is 26.5. The van der Waals surface area contributed by atoms with Crippen molar-refractivity contribution in [3.63, 3.8) is 0 Å². The minimum Gasteiger partial charge on any atom is -0.463 e. The lowest BCUT2D eigenvalue weighted by Gasteiger charge is -2.48. The van der Waals surface area contributed by atoms with Crippen LogP contribution < -0.4 is 0 Å². The van der Waals surface area contributed by atoms with Crippen molar-refractivity contribution in [1.29, 1.82) is 0 Å². The van der Waals surface area contributed by atoms with Gasteiger partial charge >= 0.3 is 11.9 Å². The van der Waals surface area contributed by atoms with Crippen molar-refractivity contribution in [2.45, 2.75) is 137 Å². The van der Waals surface area contributed by atoms with E-state index in [9.17, 15) is 30.0 Å². The molecule has 14 atom stereocenters. The zero-order valence-corrected chi connectivity index (χ0v) is 42.1. The van der Waals surface area contributed by atoms with Gasteiger partial charge in [0.15, 0.2) is 12.6 Å². The van der Waals surface area contributed by atoms with Crippen molar-refractivity contribution in [1.82, 2.24) is 0 Å². The number of aliphatic hydroxyl groups excluding tert-OH is 4. The topological polar surface area (TPSA) is 207 Å². The molecule has 3 aliphatic heterocycles. The molecule has 6 unspecified atom stereocenters. The molecule has 0 aliphatic carbocycles. The summed E-state index contributed by atoms with van der Waals surface area (Å²) in [6.45, 7) is 1.56. The molecule has 4 N–H and O–H groups in total. The number of hydrogen-bond acceptors (Lipinski definition) is 16. The number of benzene rings is 4. The number of alkyl halides is 3. The second-order valence-corrected chi connectivity index (χ2v) is 19.2. The van der Waals surface area contributed by atoms with E-state index in [0.717, 1.165) is 22.3 Å². The van der Waals surface area contributed by atoms with E-state index in [1.807, 2.05) is 121 Å². The minimum absolute atomic E-state index is 0.0376. The van der Waals surface area contributed by atoms with Crippen LogP contribution in [0.2, 0.25) is 0 Å². The molecule has 0 aromatic heterocycles. The maximum absolute atomic E-state index is 13.5. The maximum atomic E-state index is 13.5. The first-order valence-electron chi connectivity index (χ1n) is 23.9. The number of ether oxygens (including phenoxy) is 10. The standard InChI is InChI=1S/C53H63Cl3O16/c1-52(48(56)44(60)45(61)51(71-52)72-53(32-55)49(62)43(59)38(26-54)70-53)33-68-42(58)25-15-14-24-41(57)65-30-39(63-27-34-16-6-2-7-17-34)46(66-29-36-20-10-4-11-21-36)47-40(64-28-35-18-8-3-9-19-35)31-67-50(69-47)37-22-12-5-13-23-37/h2-13,16-23,38-40,43-51,59-62H,14-15,24-33H2,1H3/t38-,39+,40+,43?,44-,45?,46?,47?,48-,49?,50-,51-,52?,53+/m1/s1. The second kappa shape index (κ2) is 27.1. The first-order chi connectivity index (χ1) is 34.8. The number of hydrogen-bond donors (Lipinski definition) is 4. The van der Waals surface area contributed by atoms with Gasteiger partial charge in [-0.05, 0) is 36.5 Å². The predicted octanol–water partition coefficient (Wildman–Crippen LogP) is 6.26. The molecule has 19 heteroatoms. The summed E-state index contributed by atoms with van der Waals surface area (Å²) in [6.07, 6.45) is -12.8.